The van der Waals surface area contributed by atoms with Gasteiger partial charge in [0.15, 0.2) is 5.17 Å². The quantitative estimate of drug-likeness (QED) is 0.813. The average molecular weight is 254 g/mol. The number of aliphatic imine (C=N–C) groups is 1. The van der Waals surface area contributed by atoms with E-state index >= 15 is 0 Å². The van der Waals surface area contributed by atoms with Gasteiger partial charge in [0.25, 0.3) is 0 Å². The lowest BCUT2D eigenvalue weighted by Gasteiger charge is -2.34. The molecule has 0 spiro atoms. The van der Waals surface area contributed by atoms with Gasteiger partial charge in [-0.25, -0.2) is 0 Å². The van der Waals surface area contributed by atoms with E-state index in [1.165, 1.54) is 30.9 Å². The van der Waals surface area contributed by atoms with Gasteiger partial charge in [0.2, 0.25) is 0 Å². The number of thioether (sulfide) groups is 1. The van der Waals surface area contributed by atoms with E-state index < -0.39 is 0 Å². The fraction of sp³-hybridized carbons (Fsp3) is 0.929. The summed E-state index contributed by atoms with van der Waals surface area (Å²) in [7, 11) is 0. The first-order chi connectivity index (χ1) is 7.96. The summed E-state index contributed by atoms with van der Waals surface area (Å²) >= 11 is 1.95. The van der Waals surface area contributed by atoms with E-state index in [-0.39, 0.29) is 0 Å². The molecule has 2 rings (SSSR count). The number of hydrogen-bond donors (Lipinski definition) is 1. The summed E-state index contributed by atoms with van der Waals surface area (Å²) in [6.07, 6.45) is 5.30. The molecule has 0 aromatic heterocycles. The van der Waals surface area contributed by atoms with Crippen LogP contribution in [0.5, 0.6) is 0 Å². The van der Waals surface area contributed by atoms with Crippen molar-refractivity contribution >= 4 is 16.9 Å². The molecule has 1 aliphatic heterocycles. The molecule has 3 heteroatoms. The fourth-order valence-corrected chi connectivity index (χ4v) is 3.63. The maximum atomic E-state index is 4.64. The maximum absolute atomic E-state index is 4.64. The molecule has 1 atom stereocenters. The van der Waals surface area contributed by atoms with E-state index in [0.29, 0.717) is 16.7 Å². The first-order valence-corrected chi connectivity index (χ1v) is 7.82. The molecule has 0 saturated heterocycles. The lowest BCUT2D eigenvalue weighted by molar-refractivity contribution is 0.217. The average Bonchev–Trinajstić information content (AvgIpc) is 2.70. The molecule has 98 valence electrons. The molecule has 1 N–H and O–H groups in total. The van der Waals surface area contributed by atoms with E-state index in [4.69, 9.17) is 0 Å². The van der Waals surface area contributed by atoms with E-state index in [1.54, 1.807) is 0 Å². The highest BCUT2D eigenvalue weighted by atomic mass is 32.2. The Morgan fingerprint density at radius 2 is 1.94 bits per heavy atom. The Balaban J connectivity index is 1.76. The van der Waals surface area contributed by atoms with Gasteiger partial charge < -0.3 is 5.32 Å². The van der Waals surface area contributed by atoms with Crippen LogP contribution in [-0.2, 0) is 0 Å². The van der Waals surface area contributed by atoms with Gasteiger partial charge in [0.05, 0.1) is 6.54 Å². The highest BCUT2D eigenvalue weighted by Gasteiger charge is 2.29. The molecule has 17 heavy (non-hydrogen) atoms. The van der Waals surface area contributed by atoms with Crippen LogP contribution in [0.25, 0.3) is 0 Å². The molecular weight excluding hydrogens is 228 g/mol. The van der Waals surface area contributed by atoms with Crippen molar-refractivity contribution in [2.24, 2.45) is 16.3 Å². The molecule has 1 aliphatic carbocycles. The van der Waals surface area contributed by atoms with Gasteiger partial charge in [0.1, 0.15) is 0 Å². The largest absolute Gasteiger partial charge is 0.362 e. The maximum Gasteiger partial charge on any atom is 0.157 e. The van der Waals surface area contributed by atoms with Gasteiger partial charge in [-0.3, -0.25) is 4.99 Å². The van der Waals surface area contributed by atoms with Crippen molar-refractivity contribution < 1.29 is 0 Å². The monoisotopic (exact) mass is 254 g/mol. The van der Waals surface area contributed by atoms with Crippen molar-refractivity contribution in [2.75, 3.05) is 6.54 Å². The zero-order valence-corrected chi connectivity index (χ0v) is 12.4. The third-order valence-corrected chi connectivity index (χ3v) is 5.55. The molecule has 1 saturated carbocycles. The summed E-state index contributed by atoms with van der Waals surface area (Å²) in [4.78, 5) is 4.64. The Bertz CT molecular complexity index is 287. The number of rotatable bonds is 2. The number of nitrogens with one attached hydrogen (secondary N) is 1. The second-order valence-electron chi connectivity index (χ2n) is 6.63. The minimum Gasteiger partial charge on any atom is -0.362 e. The van der Waals surface area contributed by atoms with Crippen molar-refractivity contribution in [3.8, 4) is 0 Å². The van der Waals surface area contributed by atoms with E-state index in [2.05, 4.69) is 38.0 Å². The van der Waals surface area contributed by atoms with Gasteiger partial charge in [-0.2, -0.15) is 0 Å². The van der Waals surface area contributed by atoms with Crippen LogP contribution in [0.15, 0.2) is 4.99 Å². The summed E-state index contributed by atoms with van der Waals surface area (Å²) in [6, 6.07) is 0.667. The van der Waals surface area contributed by atoms with Crippen LogP contribution in [-0.4, -0.2) is 23.0 Å². The molecule has 0 amide bonds. The van der Waals surface area contributed by atoms with Crippen LogP contribution in [0.3, 0.4) is 0 Å². The standard InChI is InChI=1S/C14H26N2S/c1-10(2)12-9-15-13(17-12)16-11-5-7-14(3,4)8-6-11/h10-12H,5-9H2,1-4H3,(H,15,16). The Morgan fingerprint density at radius 3 is 2.47 bits per heavy atom. The Kier molecular flexibility index (Phi) is 4.06. The molecule has 2 nitrogen and oxygen atoms in total. The minimum absolute atomic E-state index is 0.559. The highest BCUT2D eigenvalue weighted by molar-refractivity contribution is 8.14. The van der Waals surface area contributed by atoms with Gasteiger partial charge >= 0.3 is 0 Å². The number of nitrogens with zero attached hydrogens (tertiary/aromatic N) is 1. The second kappa shape index (κ2) is 5.21. The van der Waals surface area contributed by atoms with Crippen LogP contribution in [0.2, 0.25) is 0 Å². The Hall–Kier alpha value is -0.180. The Labute approximate surface area is 110 Å². The normalized spacial score (nSPS) is 29.5. The van der Waals surface area contributed by atoms with Crippen molar-refractivity contribution in [2.45, 2.75) is 64.7 Å². The van der Waals surface area contributed by atoms with E-state index in [9.17, 15) is 0 Å². The van der Waals surface area contributed by atoms with Crippen molar-refractivity contribution in [3.05, 3.63) is 0 Å². The lowest BCUT2D eigenvalue weighted by Crippen LogP contribution is -2.37. The van der Waals surface area contributed by atoms with Gasteiger partial charge in [-0.15, -0.1) is 0 Å². The number of hydrogen-bond acceptors (Lipinski definition) is 3. The summed E-state index contributed by atoms with van der Waals surface area (Å²) in [5.41, 5.74) is 0.559. The lowest BCUT2D eigenvalue weighted by atomic mass is 9.76. The second-order valence-corrected chi connectivity index (χ2v) is 7.86. The zero-order valence-electron chi connectivity index (χ0n) is 11.6. The minimum atomic E-state index is 0.559. The van der Waals surface area contributed by atoms with Crippen molar-refractivity contribution in [1.82, 2.24) is 5.32 Å². The Morgan fingerprint density at radius 1 is 1.29 bits per heavy atom. The first kappa shape index (κ1) is 13.3. The predicted molar refractivity (Wildman–Crippen MR) is 77.7 cm³/mol. The van der Waals surface area contributed by atoms with Crippen LogP contribution < -0.4 is 5.32 Å². The molecule has 1 fully saturated rings. The van der Waals surface area contributed by atoms with Crippen molar-refractivity contribution in [1.29, 1.82) is 0 Å². The first-order valence-electron chi connectivity index (χ1n) is 6.94. The molecule has 0 radical (unpaired) electrons. The number of amidine groups is 1. The van der Waals surface area contributed by atoms with Gasteiger partial charge in [-0.05, 0) is 37.0 Å². The molecule has 1 unspecified atom stereocenters. The summed E-state index contributed by atoms with van der Waals surface area (Å²) in [5.74, 6) is 0.730. The molecule has 2 aliphatic rings. The summed E-state index contributed by atoms with van der Waals surface area (Å²) in [6.45, 7) is 10.4. The smallest absolute Gasteiger partial charge is 0.157 e. The fourth-order valence-electron chi connectivity index (χ4n) is 2.54. The van der Waals surface area contributed by atoms with Crippen LogP contribution in [0.4, 0.5) is 0 Å². The van der Waals surface area contributed by atoms with Gasteiger partial charge in [-0.1, -0.05) is 39.5 Å². The van der Waals surface area contributed by atoms with Gasteiger partial charge in [0, 0.05) is 11.3 Å². The third-order valence-electron chi connectivity index (χ3n) is 4.09. The van der Waals surface area contributed by atoms with Crippen LogP contribution in [0.1, 0.15) is 53.4 Å². The molecule has 0 aromatic rings. The highest BCUT2D eigenvalue weighted by Crippen LogP contribution is 2.35. The van der Waals surface area contributed by atoms with Crippen molar-refractivity contribution in [3.63, 3.8) is 0 Å². The summed E-state index contributed by atoms with van der Waals surface area (Å²) in [5, 5.41) is 5.55. The van der Waals surface area contributed by atoms with Crippen LogP contribution in [0, 0.1) is 11.3 Å². The summed E-state index contributed by atoms with van der Waals surface area (Å²) < 4.78 is 0. The zero-order chi connectivity index (χ0) is 12.5. The topological polar surface area (TPSA) is 24.4 Å². The molecule has 1 heterocycles. The SMILES string of the molecule is CC(C)C1CN=C(NC2CCC(C)(C)CC2)S1. The molecule has 0 aromatic carbocycles. The van der Waals surface area contributed by atoms with E-state index in [1.807, 2.05) is 11.8 Å². The molecular formula is C14H26N2S. The molecule has 0 bridgehead atoms. The third kappa shape index (κ3) is 3.64. The van der Waals surface area contributed by atoms with Crippen LogP contribution >= 0.6 is 11.8 Å². The van der Waals surface area contributed by atoms with E-state index in [0.717, 1.165) is 12.5 Å². The predicted octanol–water partition coefficient (Wildman–Crippen LogP) is 3.67.